The first kappa shape index (κ1) is 10.3. The van der Waals surface area contributed by atoms with Crippen LogP contribution in [0.2, 0.25) is 5.15 Å². The Hall–Kier alpha value is -1.87. The van der Waals surface area contributed by atoms with Crippen molar-refractivity contribution in [3.63, 3.8) is 0 Å². The molecule has 2 aromatic heterocycles. The lowest BCUT2D eigenvalue weighted by molar-refractivity contribution is 1.20. The van der Waals surface area contributed by atoms with Gasteiger partial charge in [-0.25, -0.2) is 9.97 Å². The van der Waals surface area contributed by atoms with E-state index < -0.39 is 0 Å². The highest BCUT2D eigenvalue weighted by Gasteiger charge is 2.10. The van der Waals surface area contributed by atoms with Crippen molar-refractivity contribution in [1.29, 1.82) is 0 Å². The lowest BCUT2D eigenvalue weighted by Gasteiger charge is -2.01. The topological polar surface area (TPSA) is 41.6 Å². The van der Waals surface area contributed by atoms with Crippen LogP contribution in [0.4, 0.5) is 0 Å². The summed E-state index contributed by atoms with van der Waals surface area (Å²) in [6.07, 6.45) is 3.38. The molecule has 0 aliphatic heterocycles. The van der Waals surface area contributed by atoms with Crippen molar-refractivity contribution in [1.82, 2.24) is 15.0 Å². The Labute approximate surface area is 103 Å². The molecule has 3 rings (SSSR count). The van der Waals surface area contributed by atoms with Crippen molar-refractivity contribution >= 4 is 22.6 Å². The molecule has 3 nitrogen and oxygen atoms in total. The Morgan fingerprint density at radius 3 is 2.94 bits per heavy atom. The zero-order valence-electron chi connectivity index (χ0n) is 9.24. The van der Waals surface area contributed by atoms with Gasteiger partial charge >= 0.3 is 0 Å². The van der Waals surface area contributed by atoms with Gasteiger partial charge in [0.25, 0.3) is 0 Å². The Morgan fingerprint density at radius 1 is 1.24 bits per heavy atom. The van der Waals surface area contributed by atoms with Gasteiger partial charge in [-0.2, -0.15) is 0 Å². The minimum Gasteiger partial charge on any atom is -0.345 e. The molecule has 0 amide bonds. The van der Waals surface area contributed by atoms with Gasteiger partial charge in [-0.15, -0.1) is 0 Å². The van der Waals surface area contributed by atoms with Gasteiger partial charge < -0.3 is 4.98 Å². The van der Waals surface area contributed by atoms with Crippen molar-refractivity contribution in [2.45, 2.75) is 6.92 Å². The third kappa shape index (κ3) is 1.68. The number of rotatable bonds is 1. The summed E-state index contributed by atoms with van der Waals surface area (Å²) in [5.74, 6) is 0. The predicted octanol–water partition coefficient (Wildman–Crippen LogP) is 3.59. The normalized spacial score (nSPS) is 10.9. The number of H-pyrrole nitrogens is 1. The van der Waals surface area contributed by atoms with Crippen LogP contribution in [0.3, 0.4) is 0 Å². The highest BCUT2D eigenvalue weighted by molar-refractivity contribution is 6.35. The highest BCUT2D eigenvalue weighted by Crippen LogP contribution is 2.31. The Balaban J connectivity index is 2.31. The summed E-state index contributed by atoms with van der Waals surface area (Å²) in [5, 5.41) is 1.35. The first-order valence-electron chi connectivity index (χ1n) is 5.30. The standard InChI is InChI=1S/C13H10ClN3/c1-8-3-2-4-9(5-8)10-6-15-13-11(10)12(14)16-7-17-13/h2-7H,1H3,(H,15,16,17). The van der Waals surface area contributed by atoms with Gasteiger partial charge in [-0.1, -0.05) is 41.4 Å². The van der Waals surface area contributed by atoms with Crippen LogP contribution in [0.25, 0.3) is 22.2 Å². The van der Waals surface area contributed by atoms with Crippen LogP contribution in [-0.2, 0) is 0 Å². The fourth-order valence-corrected chi connectivity index (χ4v) is 2.20. The number of fused-ring (bicyclic) bond motifs is 1. The third-order valence-electron chi connectivity index (χ3n) is 2.75. The fourth-order valence-electron chi connectivity index (χ4n) is 1.97. The maximum atomic E-state index is 6.12. The Morgan fingerprint density at radius 2 is 2.12 bits per heavy atom. The maximum absolute atomic E-state index is 6.12. The van der Waals surface area contributed by atoms with E-state index in [0.29, 0.717) is 5.15 Å². The summed E-state index contributed by atoms with van der Waals surface area (Å²) in [6.45, 7) is 2.07. The lowest BCUT2D eigenvalue weighted by Crippen LogP contribution is -1.83. The van der Waals surface area contributed by atoms with Crippen molar-refractivity contribution in [3.8, 4) is 11.1 Å². The molecule has 1 aromatic carbocycles. The fraction of sp³-hybridized carbons (Fsp3) is 0.0769. The highest BCUT2D eigenvalue weighted by atomic mass is 35.5. The van der Waals surface area contributed by atoms with Crippen LogP contribution in [0.5, 0.6) is 0 Å². The molecule has 2 heterocycles. The van der Waals surface area contributed by atoms with Crippen LogP contribution in [0, 0.1) is 6.92 Å². The second-order valence-electron chi connectivity index (χ2n) is 3.96. The zero-order valence-corrected chi connectivity index (χ0v) is 9.99. The van der Waals surface area contributed by atoms with Crippen LogP contribution in [0.15, 0.2) is 36.8 Å². The molecule has 84 valence electrons. The number of nitrogens with one attached hydrogen (secondary N) is 1. The van der Waals surface area contributed by atoms with E-state index in [4.69, 9.17) is 11.6 Å². The summed E-state index contributed by atoms with van der Waals surface area (Å²) in [5.41, 5.74) is 4.13. The number of aromatic amines is 1. The van der Waals surface area contributed by atoms with Gasteiger partial charge in [-0.3, -0.25) is 0 Å². The minimum absolute atomic E-state index is 0.479. The second-order valence-corrected chi connectivity index (χ2v) is 4.32. The predicted molar refractivity (Wildman–Crippen MR) is 69.1 cm³/mol. The van der Waals surface area contributed by atoms with E-state index in [1.165, 1.54) is 11.9 Å². The number of halogens is 1. The molecule has 0 spiro atoms. The van der Waals surface area contributed by atoms with Gasteiger partial charge in [0, 0.05) is 11.8 Å². The molecule has 0 unspecified atom stereocenters. The molecule has 0 saturated carbocycles. The number of nitrogens with zero attached hydrogens (tertiary/aromatic N) is 2. The van der Waals surface area contributed by atoms with E-state index in [1.54, 1.807) is 0 Å². The van der Waals surface area contributed by atoms with E-state index in [9.17, 15) is 0 Å². The molecular formula is C13H10ClN3. The molecule has 3 aromatic rings. The molecule has 0 aliphatic carbocycles. The van der Waals surface area contributed by atoms with Crippen LogP contribution < -0.4 is 0 Å². The Kier molecular flexibility index (Phi) is 2.34. The number of benzene rings is 1. The molecule has 17 heavy (non-hydrogen) atoms. The van der Waals surface area contributed by atoms with E-state index in [0.717, 1.165) is 22.2 Å². The van der Waals surface area contributed by atoms with Crippen LogP contribution in [0.1, 0.15) is 5.56 Å². The molecule has 0 atom stereocenters. The molecule has 0 saturated heterocycles. The summed E-state index contributed by atoms with van der Waals surface area (Å²) in [7, 11) is 0. The third-order valence-corrected chi connectivity index (χ3v) is 3.04. The van der Waals surface area contributed by atoms with E-state index >= 15 is 0 Å². The summed E-state index contributed by atoms with van der Waals surface area (Å²) in [4.78, 5) is 11.3. The quantitative estimate of drug-likeness (QED) is 0.664. The van der Waals surface area contributed by atoms with E-state index in [2.05, 4.69) is 40.1 Å². The minimum atomic E-state index is 0.479. The molecule has 4 heteroatoms. The monoisotopic (exact) mass is 243 g/mol. The maximum Gasteiger partial charge on any atom is 0.142 e. The van der Waals surface area contributed by atoms with Crippen LogP contribution >= 0.6 is 11.6 Å². The molecule has 1 N–H and O–H groups in total. The number of aromatic nitrogens is 3. The second kappa shape index (κ2) is 3.86. The van der Waals surface area contributed by atoms with E-state index in [1.807, 2.05) is 12.3 Å². The molecular weight excluding hydrogens is 234 g/mol. The van der Waals surface area contributed by atoms with Gasteiger partial charge in [0.05, 0.1) is 5.39 Å². The van der Waals surface area contributed by atoms with Gasteiger partial charge in [0.2, 0.25) is 0 Å². The summed E-state index contributed by atoms with van der Waals surface area (Å²) in [6, 6.07) is 8.27. The molecule has 0 radical (unpaired) electrons. The Bertz CT molecular complexity index is 688. The largest absolute Gasteiger partial charge is 0.345 e. The first-order chi connectivity index (χ1) is 8.25. The average Bonchev–Trinajstić information content (AvgIpc) is 2.74. The smallest absolute Gasteiger partial charge is 0.142 e. The summed E-state index contributed by atoms with van der Waals surface area (Å²) < 4.78 is 0. The van der Waals surface area contributed by atoms with Gasteiger partial charge in [0.15, 0.2) is 0 Å². The number of hydrogen-bond acceptors (Lipinski definition) is 2. The summed E-state index contributed by atoms with van der Waals surface area (Å²) >= 11 is 6.12. The lowest BCUT2D eigenvalue weighted by atomic mass is 10.0. The average molecular weight is 244 g/mol. The number of hydrogen-bond donors (Lipinski definition) is 1. The molecule has 0 aliphatic rings. The van der Waals surface area contributed by atoms with Crippen molar-refractivity contribution < 1.29 is 0 Å². The molecule has 0 fully saturated rings. The van der Waals surface area contributed by atoms with Crippen molar-refractivity contribution in [2.24, 2.45) is 0 Å². The van der Waals surface area contributed by atoms with Gasteiger partial charge in [-0.05, 0) is 12.5 Å². The van der Waals surface area contributed by atoms with Crippen molar-refractivity contribution in [3.05, 3.63) is 47.5 Å². The van der Waals surface area contributed by atoms with E-state index in [-0.39, 0.29) is 0 Å². The van der Waals surface area contributed by atoms with Crippen molar-refractivity contribution in [2.75, 3.05) is 0 Å². The number of aryl methyl sites for hydroxylation is 1. The first-order valence-corrected chi connectivity index (χ1v) is 5.68. The molecule has 0 bridgehead atoms. The zero-order chi connectivity index (χ0) is 11.8. The van der Waals surface area contributed by atoms with Crippen LogP contribution in [-0.4, -0.2) is 15.0 Å². The van der Waals surface area contributed by atoms with Gasteiger partial charge in [0.1, 0.15) is 17.1 Å². The SMILES string of the molecule is Cc1cccc(-c2c[nH]c3ncnc(Cl)c23)c1.